The third kappa shape index (κ3) is 6.08. The number of rotatable bonds is 8. The van der Waals surface area contributed by atoms with Crippen molar-refractivity contribution < 1.29 is 9.53 Å². The molecule has 192 valence electrons. The van der Waals surface area contributed by atoms with Crippen LogP contribution in [0.2, 0.25) is 0 Å². The number of carbonyl (C=O) groups is 1. The molecule has 2 aromatic carbocycles. The Balaban J connectivity index is 1.55. The van der Waals surface area contributed by atoms with Gasteiger partial charge in [-0.05, 0) is 81.3 Å². The fourth-order valence-electron chi connectivity index (χ4n) is 4.68. The number of likely N-dealkylation sites (N-methyl/N-ethyl adjacent to an activating group) is 1. The summed E-state index contributed by atoms with van der Waals surface area (Å²) in [7, 11) is 1.90. The van der Waals surface area contributed by atoms with Gasteiger partial charge in [-0.3, -0.25) is 9.48 Å². The van der Waals surface area contributed by atoms with Gasteiger partial charge < -0.3 is 19.9 Å². The standard InChI is InChI=1S/C29H39N5O2/c1-7-33-10-12-34(13-11-33)26-9-8-21(4)28(17-26)29(35)31-22(5)23-14-24(25-18-30-32(6)19-25)16-27(15-23)36-20(2)3/h8-9,14-20,22H,7,10-13H2,1-6H3,(H,31,35). The number of nitrogens with zero attached hydrogens (tertiary/aromatic N) is 4. The van der Waals surface area contributed by atoms with Gasteiger partial charge in [0.2, 0.25) is 0 Å². The highest BCUT2D eigenvalue weighted by atomic mass is 16.5. The van der Waals surface area contributed by atoms with E-state index in [-0.39, 0.29) is 18.1 Å². The van der Waals surface area contributed by atoms with Gasteiger partial charge in [-0.2, -0.15) is 5.10 Å². The lowest BCUT2D eigenvalue weighted by Crippen LogP contribution is -2.46. The first kappa shape index (κ1) is 25.8. The predicted molar refractivity (Wildman–Crippen MR) is 146 cm³/mol. The monoisotopic (exact) mass is 489 g/mol. The summed E-state index contributed by atoms with van der Waals surface area (Å²) >= 11 is 0. The van der Waals surface area contributed by atoms with Crippen molar-refractivity contribution in [1.29, 1.82) is 0 Å². The average molecular weight is 490 g/mol. The Hall–Kier alpha value is -3.32. The lowest BCUT2D eigenvalue weighted by molar-refractivity contribution is 0.0939. The van der Waals surface area contributed by atoms with Crippen LogP contribution in [-0.4, -0.2) is 59.4 Å². The van der Waals surface area contributed by atoms with Gasteiger partial charge in [-0.15, -0.1) is 0 Å². The molecule has 2 heterocycles. The normalized spacial score (nSPS) is 15.2. The van der Waals surface area contributed by atoms with E-state index in [2.05, 4.69) is 45.3 Å². The number of ether oxygens (including phenoxy) is 1. The maximum Gasteiger partial charge on any atom is 0.252 e. The van der Waals surface area contributed by atoms with E-state index in [4.69, 9.17) is 4.74 Å². The molecule has 7 heteroatoms. The summed E-state index contributed by atoms with van der Waals surface area (Å²) in [6, 6.07) is 12.2. The summed E-state index contributed by atoms with van der Waals surface area (Å²) in [5.74, 6) is 0.721. The molecule has 1 aliphatic rings. The van der Waals surface area contributed by atoms with Crippen LogP contribution < -0.4 is 15.0 Å². The van der Waals surface area contributed by atoms with Crippen LogP contribution in [0, 0.1) is 6.92 Å². The minimum Gasteiger partial charge on any atom is -0.491 e. The van der Waals surface area contributed by atoms with Crippen LogP contribution in [0.3, 0.4) is 0 Å². The number of piperazine rings is 1. The van der Waals surface area contributed by atoms with E-state index < -0.39 is 0 Å². The number of benzene rings is 2. The Bertz CT molecular complexity index is 1190. The van der Waals surface area contributed by atoms with Crippen molar-refractivity contribution in [1.82, 2.24) is 20.0 Å². The van der Waals surface area contributed by atoms with Crippen LogP contribution in [0.25, 0.3) is 11.1 Å². The molecule has 4 rings (SSSR count). The number of nitrogens with one attached hydrogen (secondary N) is 1. The highest BCUT2D eigenvalue weighted by Crippen LogP contribution is 2.30. The molecule has 1 saturated heterocycles. The number of aromatic nitrogens is 2. The van der Waals surface area contributed by atoms with Gasteiger partial charge in [0.25, 0.3) is 5.91 Å². The third-order valence-electron chi connectivity index (χ3n) is 6.84. The lowest BCUT2D eigenvalue weighted by atomic mass is 10.0. The molecule has 1 aliphatic heterocycles. The molecule has 0 radical (unpaired) electrons. The van der Waals surface area contributed by atoms with Crippen molar-refractivity contribution in [2.24, 2.45) is 7.05 Å². The highest BCUT2D eigenvalue weighted by molar-refractivity contribution is 5.97. The van der Waals surface area contributed by atoms with Gasteiger partial charge in [0.15, 0.2) is 0 Å². The smallest absolute Gasteiger partial charge is 0.252 e. The zero-order valence-corrected chi connectivity index (χ0v) is 22.4. The molecule has 7 nitrogen and oxygen atoms in total. The van der Waals surface area contributed by atoms with Crippen LogP contribution in [0.1, 0.15) is 55.2 Å². The highest BCUT2D eigenvalue weighted by Gasteiger charge is 2.20. The molecule has 0 saturated carbocycles. The Morgan fingerprint density at radius 1 is 1.06 bits per heavy atom. The molecule has 0 bridgehead atoms. The summed E-state index contributed by atoms with van der Waals surface area (Å²) in [4.78, 5) is 18.3. The fourth-order valence-corrected chi connectivity index (χ4v) is 4.68. The second-order valence-corrected chi connectivity index (χ2v) is 9.98. The number of anilines is 1. The van der Waals surface area contributed by atoms with Gasteiger partial charge in [0.1, 0.15) is 5.75 Å². The van der Waals surface area contributed by atoms with Crippen molar-refractivity contribution in [3.05, 3.63) is 65.5 Å². The molecule has 36 heavy (non-hydrogen) atoms. The number of amides is 1. The summed E-state index contributed by atoms with van der Waals surface area (Å²) < 4.78 is 7.82. The van der Waals surface area contributed by atoms with Crippen LogP contribution in [-0.2, 0) is 7.05 Å². The number of carbonyl (C=O) groups excluding carboxylic acids is 1. The molecule has 1 unspecified atom stereocenters. The summed E-state index contributed by atoms with van der Waals surface area (Å²) in [6.07, 6.45) is 3.88. The Kier molecular flexibility index (Phi) is 7.99. The zero-order valence-electron chi connectivity index (χ0n) is 22.4. The Labute approximate surface area is 215 Å². The molecular weight excluding hydrogens is 450 g/mol. The first-order valence-corrected chi connectivity index (χ1v) is 12.9. The number of aryl methyl sites for hydroxylation is 2. The van der Waals surface area contributed by atoms with E-state index in [1.807, 2.05) is 65.3 Å². The minimum atomic E-state index is -0.195. The quantitative estimate of drug-likeness (QED) is 0.492. The molecule has 1 N–H and O–H groups in total. The molecule has 3 aromatic rings. The molecular formula is C29H39N5O2. The lowest BCUT2D eigenvalue weighted by Gasteiger charge is -2.35. The van der Waals surface area contributed by atoms with Crippen LogP contribution in [0.4, 0.5) is 5.69 Å². The van der Waals surface area contributed by atoms with E-state index in [0.29, 0.717) is 0 Å². The predicted octanol–water partition coefficient (Wildman–Crippen LogP) is 4.82. The van der Waals surface area contributed by atoms with Gasteiger partial charge in [0.05, 0.1) is 18.3 Å². The van der Waals surface area contributed by atoms with Crippen molar-refractivity contribution >= 4 is 11.6 Å². The van der Waals surface area contributed by atoms with Crippen molar-refractivity contribution in [3.63, 3.8) is 0 Å². The topological polar surface area (TPSA) is 62.6 Å². The molecule has 1 fully saturated rings. The van der Waals surface area contributed by atoms with Crippen LogP contribution in [0.15, 0.2) is 48.8 Å². The van der Waals surface area contributed by atoms with Crippen LogP contribution >= 0.6 is 0 Å². The maximum atomic E-state index is 13.4. The SMILES string of the molecule is CCN1CCN(c2ccc(C)c(C(=O)NC(C)c3cc(OC(C)C)cc(-c4cnn(C)c4)c3)c2)CC1. The summed E-state index contributed by atoms with van der Waals surface area (Å²) in [5, 5.41) is 7.53. The number of hydrogen-bond acceptors (Lipinski definition) is 5. The Morgan fingerprint density at radius 3 is 2.44 bits per heavy atom. The minimum absolute atomic E-state index is 0.0523. The third-order valence-corrected chi connectivity index (χ3v) is 6.84. The largest absolute Gasteiger partial charge is 0.491 e. The molecule has 1 amide bonds. The van der Waals surface area contributed by atoms with Crippen molar-refractivity contribution in [2.75, 3.05) is 37.6 Å². The maximum absolute atomic E-state index is 13.4. The first-order chi connectivity index (χ1) is 17.2. The fraction of sp³-hybridized carbons (Fsp3) is 0.448. The second kappa shape index (κ2) is 11.2. The van der Waals surface area contributed by atoms with Crippen LogP contribution in [0.5, 0.6) is 5.75 Å². The van der Waals surface area contributed by atoms with E-state index in [1.165, 1.54) is 0 Å². The Morgan fingerprint density at radius 2 is 1.81 bits per heavy atom. The van der Waals surface area contributed by atoms with E-state index in [0.717, 1.165) is 72.0 Å². The second-order valence-electron chi connectivity index (χ2n) is 9.98. The van der Waals surface area contributed by atoms with Crippen molar-refractivity contribution in [2.45, 2.75) is 46.8 Å². The van der Waals surface area contributed by atoms with Crippen molar-refractivity contribution in [3.8, 4) is 16.9 Å². The zero-order chi connectivity index (χ0) is 25.8. The summed E-state index contributed by atoms with van der Waals surface area (Å²) in [6.45, 7) is 15.4. The van der Waals surface area contributed by atoms with E-state index in [9.17, 15) is 4.79 Å². The average Bonchev–Trinajstić information content (AvgIpc) is 3.30. The van der Waals surface area contributed by atoms with Gasteiger partial charge in [-0.1, -0.05) is 13.0 Å². The first-order valence-electron chi connectivity index (χ1n) is 12.9. The molecule has 1 atom stereocenters. The molecule has 0 aliphatic carbocycles. The van der Waals surface area contributed by atoms with E-state index in [1.54, 1.807) is 4.68 Å². The van der Waals surface area contributed by atoms with Gasteiger partial charge >= 0.3 is 0 Å². The molecule has 0 spiro atoms. The van der Waals surface area contributed by atoms with Gasteiger partial charge in [-0.25, -0.2) is 0 Å². The molecule has 1 aromatic heterocycles. The number of hydrogen-bond donors (Lipinski definition) is 1. The van der Waals surface area contributed by atoms with E-state index >= 15 is 0 Å². The van der Waals surface area contributed by atoms with Gasteiger partial charge in [0, 0.05) is 56.2 Å². The summed E-state index contributed by atoms with van der Waals surface area (Å²) in [5.41, 5.74) is 5.83.